The van der Waals surface area contributed by atoms with Crippen LogP contribution in [-0.2, 0) is 49.2 Å². The van der Waals surface area contributed by atoms with Crippen LogP contribution in [0.25, 0.3) is 5.57 Å². The van der Waals surface area contributed by atoms with Gasteiger partial charge in [-0.25, -0.2) is 9.07 Å². The summed E-state index contributed by atoms with van der Waals surface area (Å²) in [6.45, 7) is 21.9. The summed E-state index contributed by atoms with van der Waals surface area (Å²) >= 11 is 0. The molecule has 1 amide bonds. The number of ether oxygens (including phenoxy) is 7. The summed E-state index contributed by atoms with van der Waals surface area (Å²) in [6, 6.07) is 7.11. The molecule has 4 aliphatic rings. The number of hydrogen-bond acceptors (Lipinski definition) is 17. The number of aromatic nitrogens is 3. The number of carbonyl (C=O) groups excluding carboxylic acids is 2. The van der Waals surface area contributed by atoms with Crippen LogP contribution in [0, 0.1) is 23.7 Å². The molecule has 3 saturated heterocycles. The zero-order valence-electron chi connectivity index (χ0n) is 48.6. The highest BCUT2D eigenvalue weighted by Crippen LogP contribution is 2.40. The normalized spacial score (nSPS) is 35.9. The van der Waals surface area contributed by atoms with Crippen LogP contribution in [-0.4, -0.2) is 202 Å². The number of likely N-dealkylation sites (N-methyl/N-ethyl adjacent to an activating group) is 2. The molecule has 2 aromatic rings. The molecule has 0 bridgehead atoms. The Kier molecular flexibility index (Phi) is 22.5. The number of carbonyl (C=O) groups is 2. The van der Waals surface area contributed by atoms with Gasteiger partial charge in [-0.15, -0.1) is 5.10 Å². The highest BCUT2D eigenvalue weighted by Gasteiger charge is 2.50. The molecule has 0 saturated carbocycles. The fourth-order valence-corrected chi connectivity index (χ4v) is 12.3. The lowest BCUT2D eigenvalue weighted by Gasteiger charge is -2.47. The number of rotatable bonds is 17. The summed E-state index contributed by atoms with van der Waals surface area (Å²) in [6.07, 6.45) is -0.467. The van der Waals surface area contributed by atoms with E-state index in [0.717, 1.165) is 23.1 Å². The number of cyclic esters (lactones) is 1. The van der Waals surface area contributed by atoms with E-state index in [1.54, 1.807) is 50.8 Å². The van der Waals surface area contributed by atoms with Crippen molar-refractivity contribution in [1.29, 1.82) is 0 Å². The molecule has 440 valence electrons. The van der Waals surface area contributed by atoms with E-state index in [1.807, 2.05) is 63.1 Å². The minimum atomic E-state index is -1.87. The van der Waals surface area contributed by atoms with Crippen molar-refractivity contribution in [2.24, 2.45) is 23.7 Å². The molecule has 1 aromatic heterocycles. The zero-order chi connectivity index (χ0) is 57.4. The molecule has 4 aliphatic heterocycles. The van der Waals surface area contributed by atoms with Crippen molar-refractivity contribution in [1.82, 2.24) is 29.7 Å². The molecule has 5 heterocycles. The van der Waals surface area contributed by atoms with Crippen molar-refractivity contribution in [2.75, 3.05) is 67.8 Å². The summed E-state index contributed by atoms with van der Waals surface area (Å²) in [4.78, 5) is 32.2. The Hall–Kier alpha value is -3.93. The van der Waals surface area contributed by atoms with E-state index in [1.165, 1.54) is 6.92 Å². The average Bonchev–Trinajstić information content (AvgIpc) is 3.90. The van der Waals surface area contributed by atoms with Gasteiger partial charge < -0.3 is 68.3 Å². The molecular weight excluding hydrogens is 1010 g/mol. The summed E-state index contributed by atoms with van der Waals surface area (Å²) < 4.78 is 61.5. The first-order valence-electron chi connectivity index (χ1n) is 28.1. The van der Waals surface area contributed by atoms with E-state index in [2.05, 4.69) is 42.7 Å². The number of aliphatic hydroxyl groups excluding tert-OH is 3. The highest BCUT2D eigenvalue weighted by atomic mass is 19.1. The lowest BCUT2D eigenvalue weighted by atomic mass is 9.80. The molecule has 6 rings (SSSR count). The number of hydrogen-bond donors (Lipinski definition) is 4. The van der Waals surface area contributed by atoms with E-state index in [9.17, 15) is 30.0 Å². The molecule has 1 aromatic carbocycles. The number of benzene rings is 1. The second-order valence-electron chi connectivity index (χ2n) is 23.3. The maximum absolute atomic E-state index is 15.0. The summed E-state index contributed by atoms with van der Waals surface area (Å²) in [7, 11) is 7.00. The van der Waals surface area contributed by atoms with Crippen LogP contribution in [0.4, 0.5) is 4.39 Å². The fourth-order valence-electron chi connectivity index (χ4n) is 12.3. The van der Waals surface area contributed by atoms with Crippen molar-refractivity contribution in [3.8, 4) is 0 Å². The van der Waals surface area contributed by atoms with E-state index in [0.29, 0.717) is 63.3 Å². The second-order valence-corrected chi connectivity index (χ2v) is 23.3. The minimum Gasteiger partial charge on any atom is -0.459 e. The predicted molar refractivity (Wildman–Crippen MR) is 291 cm³/mol. The summed E-state index contributed by atoms with van der Waals surface area (Å²) in [5.74, 6) is -2.37. The molecule has 0 radical (unpaired) electrons. The second kappa shape index (κ2) is 27.7. The Morgan fingerprint density at radius 3 is 2.32 bits per heavy atom. The molecular formula is C58H93FN6O13. The third kappa shape index (κ3) is 14.9. The van der Waals surface area contributed by atoms with Crippen LogP contribution in [0.1, 0.15) is 130 Å². The highest BCUT2D eigenvalue weighted by molar-refractivity contribution is 5.79. The van der Waals surface area contributed by atoms with Gasteiger partial charge in [0.15, 0.2) is 12.6 Å². The van der Waals surface area contributed by atoms with E-state index in [4.69, 9.17) is 33.2 Å². The van der Waals surface area contributed by atoms with Crippen LogP contribution < -0.4 is 0 Å². The lowest BCUT2D eigenvalue weighted by Crippen LogP contribution is -2.58. The number of esters is 1. The van der Waals surface area contributed by atoms with Gasteiger partial charge in [-0.3, -0.25) is 9.59 Å². The van der Waals surface area contributed by atoms with Crippen LogP contribution in [0.3, 0.4) is 0 Å². The Balaban J connectivity index is 1.19. The topological polar surface area (TPSA) is 220 Å². The number of halogens is 1. The van der Waals surface area contributed by atoms with Crippen molar-refractivity contribution < 1.29 is 67.6 Å². The maximum atomic E-state index is 15.0. The van der Waals surface area contributed by atoms with Gasteiger partial charge in [-0.2, -0.15) is 0 Å². The Morgan fingerprint density at radius 1 is 1.01 bits per heavy atom. The molecule has 0 aliphatic carbocycles. The molecule has 18 atom stereocenters. The molecule has 0 spiro atoms. The quantitative estimate of drug-likeness (QED) is 0.141. The third-order valence-electron chi connectivity index (χ3n) is 17.3. The molecule has 5 unspecified atom stereocenters. The predicted octanol–water partition coefficient (Wildman–Crippen LogP) is 5.65. The Morgan fingerprint density at radius 2 is 1.71 bits per heavy atom. The van der Waals surface area contributed by atoms with E-state index >= 15 is 4.39 Å². The van der Waals surface area contributed by atoms with Crippen molar-refractivity contribution in [3.63, 3.8) is 0 Å². The van der Waals surface area contributed by atoms with Crippen LogP contribution in [0.15, 0.2) is 48.8 Å². The largest absolute Gasteiger partial charge is 0.459 e. The van der Waals surface area contributed by atoms with Crippen molar-refractivity contribution in [2.45, 2.75) is 192 Å². The smallest absolute Gasteiger partial charge is 0.311 e. The number of nitrogens with zero attached hydrogens (tertiary/aromatic N) is 6. The van der Waals surface area contributed by atoms with Gasteiger partial charge in [0, 0.05) is 90.6 Å². The van der Waals surface area contributed by atoms with Gasteiger partial charge in [0.05, 0.1) is 41.6 Å². The molecule has 19 nitrogen and oxygen atoms in total. The van der Waals surface area contributed by atoms with Gasteiger partial charge in [-0.1, -0.05) is 69.8 Å². The number of aliphatic hydroxyl groups is 4. The standard InChI is InChI=1S/C58H93FN6O13/c1-15-47-58(10,71)54(68)39(7)63(12)31-34(2)26-35(3)51(37(5)52(38(6)56(70)76-47)78-50-29-57(9,73-14)55(69)40(8)75-50)77-49-28-45(27-36(4)74-49)62(11)23-22-44-32-65(61-60-44)46(30-59)53(72-13)43-18-16-41(17-19-43)42-20-24-64(25-21-42)48(67)33-66/h16-20,32,34-38,40,45-47,49-55,66,68-69,71H,7,15,21-31,33H2,1-6,8-14H3/t34-,35+,36-,37-,38?,40+,45+,46?,47-,49?,50?,51+,52+,53?,54-,55+,57-,58-/m1/s1. The van der Waals surface area contributed by atoms with Crippen LogP contribution in [0.5, 0.6) is 0 Å². The number of methoxy groups -OCH3 is 2. The fraction of sp³-hybridized carbons (Fsp3) is 0.759. The first-order chi connectivity index (χ1) is 36.9. The minimum absolute atomic E-state index is 0.0486. The zero-order valence-corrected chi connectivity index (χ0v) is 48.6. The lowest BCUT2D eigenvalue weighted by molar-refractivity contribution is -0.303. The van der Waals surface area contributed by atoms with Crippen molar-refractivity contribution >= 4 is 17.4 Å². The molecule has 4 N–H and O–H groups in total. The van der Waals surface area contributed by atoms with E-state index in [-0.39, 0.29) is 42.7 Å². The first kappa shape index (κ1) is 63.3. The summed E-state index contributed by atoms with van der Waals surface area (Å²) in [5, 5.41) is 52.6. The first-order valence-corrected chi connectivity index (χ1v) is 28.1. The average molecular weight is 1100 g/mol. The third-order valence-corrected chi connectivity index (χ3v) is 17.3. The van der Waals surface area contributed by atoms with Gasteiger partial charge in [0.1, 0.15) is 49.3 Å². The number of amides is 1. The maximum Gasteiger partial charge on any atom is 0.311 e. The molecule has 78 heavy (non-hydrogen) atoms. The van der Waals surface area contributed by atoms with Gasteiger partial charge in [0.25, 0.3) is 0 Å². The van der Waals surface area contributed by atoms with Gasteiger partial charge in [-0.05, 0) is 95.9 Å². The van der Waals surface area contributed by atoms with Gasteiger partial charge >= 0.3 is 5.97 Å². The van der Waals surface area contributed by atoms with Gasteiger partial charge in [0.2, 0.25) is 5.91 Å². The summed E-state index contributed by atoms with van der Waals surface area (Å²) in [5.41, 5.74) is 1.04. The monoisotopic (exact) mass is 1100 g/mol. The van der Waals surface area contributed by atoms with Crippen molar-refractivity contribution in [3.05, 3.63) is 65.6 Å². The Bertz CT molecular complexity index is 2290. The Labute approximate surface area is 462 Å². The van der Waals surface area contributed by atoms with E-state index < -0.39 is 104 Å². The van der Waals surface area contributed by atoms with Crippen LogP contribution in [0.2, 0.25) is 0 Å². The molecule has 3 fully saturated rings. The molecule has 20 heteroatoms. The van der Waals surface area contributed by atoms with Crippen LogP contribution >= 0.6 is 0 Å². The number of alkyl halides is 1. The SMILES string of the molecule is C=C1[C@@H](O)[C@](C)(O)[C@@H](CC)OC(=O)C(C)[C@@H](OC2C[C@@](C)(OC)[C@@H](O)[C@H](C)O2)[C@H](C)[C@@H](OC2C[C@@H](N(C)CCc3cn(C(CF)C(OC)c4ccc(C5=CCN(C(=O)CO)CC5)cc4)nn3)C[C@@H](C)O2)[C@@H](C)C[C@@H](C)CN1C.